The molecule has 0 aliphatic rings. The van der Waals surface area contributed by atoms with Crippen molar-refractivity contribution in [3.05, 3.63) is 107 Å². The molecule has 1 atom stereocenters. The Kier molecular flexibility index (Phi) is 8.78. The van der Waals surface area contributed by atoms with Gasteiger partial charge in [-0.05, 0) is 61.7 Å². The van der Waals surface area contributed by atoms with E-state index in [1.807, 2.05) is 19.9 Å². The van der Waals surface area contributed by atoms with Crippen LogP contribution in [0.3, 0.4) is 0 Å². The molecule has 0 bridgehead atoms. The lowest BCUT2D eigenvalue weighted by molar-refractivity contribution is -0.308. The number of carbonyl (C=O) groups is 3. The Balaban J connectivity index is 1.85. The summed E-state index contributed by atoms with van der Waals surface area (Å²) in [6, 6.07) is 23.0. The number of amides is 2. The second-order valence-corrected chi connectivity index (χ2v) is 8.15. The number of ether oxygens (including phenoxy) is 1. The van der Waals surface area contributed by atoms with E-state index in [9.17, 15) is 19.5 Å². The van der Waals surface area contributed by atoms with Crippen molar-refractivity contribution in [3.63, 3.8) is 0 Å². The molecule has 0 aliphatic heterocycles. The molecular weight excluding hydrogens is 444 g/mol. The number of aliphatic carboxylic acids is 1. The first-order valence-electron chi connectivity index (χ1n) is 11.2. The van der Waals surface area contributed by atoms with E-state index < -0.39 is 23.8 Å². The van der Waals surface area contributed by atoms with Crippen LogP contribution in [0, 0.1) is 0 Å². The summed E-state index contributed by atoms with van der Waals surface area (Å²) in [5.41, 5.74) is 1.59. The van der Waals surface area contributed by atoms with Gasteiger partial charge in [0.05, 0.1) is 18.1 Å². The van der Waals surface area contributed by atoms with Gasteiger partial charge in [0.15, 0.2) is 0 Å². The van der Waals surface area contributed by atoms with Gasteiger partial charge in [-0.2, -0.15) is 0 Å². The predicted molar refractivity (Wildman–Crippen MR) is 131 cm³/mol. The lowest BCUT2D eigenvalue weighted by Crippen LogP contribution is -2.50. The fourth-order valence-electron chi connectivity index (χ4n) is 3.30. The lowest BCUT2D eigenvalue weighted by atomic mass is 10.1. The molecule has 0 unspecified atom stereocenters. The summed E-state index contributed by atoms with van der Waals surface area (Å²) in [4.78, 5) is 37.6. The van der Waals surface area contributed by atoms with E-state index in [0.717, 1.165) is 5.56 Å². The molecular formula is C28H27N2O5-. The largest absolute Gasteiger partial charge is 0.548 e. The quantitative estimate of drug-likeness (QED) is 0.442. The van der Waals surface area contributed by atoms with Gasteiger partial charge in [0, 0.05) is 5.56 Å². The summed E-state index contributed by atoms with van der Waals surface area (Å²) in [5, 5.41) is 16.8. The second-order valence-electron chi connectivity index (χ2n) is 8.15. The second kappa shape index (κ2) is 12.2. The van der Waals surface area contributed by atoms with Crippen LogP contribution in [0.4, 0.5) is 0 Å². The molecule has 3 aromatic rings. The summed E-state index contributed by atoms with van der Waals surface area (Å²) in [6.45, 7) is 3.83. The zero-order valence-corrected chi connectivity index (χ0v) is 19.6. The Bertz CT molecular complexity index is 1170. The number of carbonyl (C=O) groups excluding carboxylic acids is 3. The van der Waals surface area contributed by atoms with Crippen LogP contribution >= 0.6 is 0 Å². The van der Waals surface area contributed by atoms with Crippen LogP contribution in [0.25, 0.3) is 6.08 Å². The minimum atomic E-state index is -1.42. The van der Waals surface area contributed by atoms with Crippen molar-refractivity contribution in [1.29, 1.82) is 0 Å². The van der Waals surface area contributed by atoms with Crippen LogP contribution in [-0.4, -0.2) is 29.9 Å². The van der Waals surface area contributed by atoms with E-state index in [1.54, 1.807) is 78.9 Å². The van der Waals surface area contributed by atoms with E-state index in [1.165, 1.54) is 6.08 Å². The van der Waals surface area contributed by atoms with Crippen molar-refractivity contribution in [1.82, 2.24) is 10.6 Å². The number of carboxylic acid groups (broad SMARTS) is 1. The first kappa shape index (κ1) is 25.2. The topological polar surface area (TPSA) is 108 Å². The summed E-state index contributed by atoms with van der Waals surface area (Å²) >= 11 is 0. The number of carboxylic acids is 1. The highest BCUT2D eigenvalue weighted by Crippen LogP contribution is 2.16. The average Bonchev–Trinajstić information content (AvgIpc) is 2.85. The molecule has 35 heavy (non-hydrogen) atoms. The first-order valence-corrected chi connectivity index (χ1v) is 11.2. The highest BCUT2D eigenvalue weighted by molar-refractivity contribution is 6.06. The molecule has 0 radical (unpaired) electrons. The number of benzene rings is 3. The summed E-state index contributed by atoms with van der Waals surface area (Å²) in [6.07, 6.45) is 1.52. The minimum absolute atomic E-state index is 0.00840. The Labute approximate surface area is 204 Å². The van der Waals surface area contributed by atoms with Gasteiger partial charge in [-0.15, -0.1) is 0 Å². The molecule has 0 fully saturated rings. The molecule has 2 N–H and O–H groups in total. The third kappa shape index (κ3) is 7.85. The van der Waals surface area contributed by atoms with E-state index in [-0.39, 0.29) is 18.2 Å². The van der Waals surface area contributed by atoms with E-state index >= 15 is 0 Å². The maximum atomic E-state index is 13.1. The normalized spacial score (nSPS) is 12.0. The molecule has 7 heteroatoms. The fourth-order valence-corrected chi connectivity index (χ4v) is 3.30. The molecule has 0 heterocycles. The highest BCUT2D eigenvalue weighted by Gasteiger charge is 2.20. The van der Waals surface area contributed by atoms with Gasteiger partial charge in [0.1, 0.15) is 11.4 Å². The first-order chi connectivity index (χ1) is 16.8. The van der Waals surface area contributed by atoms with Crippen LogP contribution in [0.1, 0.15) is 35.3 Å². The van der Waals surface area contributed by atoms with Crippen molar-refractivity contribution in [2.75, 3.05) is 0 Å². The van der Waals surface area contributed by atoms with Gasteiger partial charge in [0.25, 0.3) is 11.8 Å². The summed E-state index contributed by atoms with van der Waals surface area (Å²) < 4.78 is 5.64. The molecule has 2 amide bonds. The SMILES string of the molecule is CC(C)Oc1ccc(/C=C(\NC(=O)c2ccccc2)C(=O)N[C@@H](Cc2ccccc2)C(=O)[O-])cc1. The van der Waals surface area contributed by atoms with E-state index in [4.69, 9.17) is 4.74 Å². The molecule has 0 saturated carbocycles. The monoisotopic (exact) mass is 471 g/mol. The Hall–Kier alpha value is -4.39. The number of rotatable bonds is 10. The van der Waals surface area contributed by atoms with Crippen LogP contribution in [0.15, 0.2) is 90.6 Å². The van der Waals surface area contributed by atoms with Crippen molar-refractivity contribution in [2.24, 2.45) is 0 Å². The van der Waals surface area contributed by atoms with Gasteiger partial charge in [0.2, 0.25) is 0 Å². The number of nitrogens with one attached hydrogen (secondary N) is 2. The molecule has 3 rings (SSSR count). The van der Waals surface area contributed by atoms with Gasteiger partial charge in [-0.25, -0.2) is 0 Å². The molecule has 0 aromatic heterocycles. The van der Waals surface area contributed by atoms with Gasteiger partial charge >= 0.3 is 0 Å². The molecule has 0 saturated heterocycles. The smallest absolute Gasteiger partial charge is 0.268 e. The van der Waals surface area contributed by atoms with Crippen LogP contribution in [0.5, 0.6) is 5.75 Å². The number of hydrogen-bond acceptors (Lipinski definition) is 5. The Morgan fingerprint density at radius 2 is 1.49 bits per heavy atom. The average molecular weight is 472 g/mol. The zero-order valence-electron chi connectivity index (χ0n) is 19.6. The Morgan fingerprint density at radius 1 is 0.886 bits per heavy atom. The third-order valence-electron chi connectivity index (χ3n) is 4.96. The van der Waals surface area contributed by atoms with Crippen molar-refractivity contribution < 1.29 is 24.2 Å². The summed E-state index contributed by atoms with van der Waals surface area (Å²) in [5.74, 6) is -2.01. The van der Waals surface area contributed by atoms with Crippen molar-refractivity contribution in [3.8, 4) is 5.75 Å². The van der Waals surface area contributed by atoms with Crippen LogP contribution in [0.2, 0.25) is 0 Å². The highest BCUT2D eigenvalue weighted by atomic mass is 16.5. The van der Waals surface area contributed by atoms with E-state index in [0.29, 0.717) is 16.9 Å². The Morgan fingerprint density at radius 3 is 2.06 bits per heavy atom. The van der Waals surface area contributed by atoms with Gasteiger partial charge < -0.3 is 25.3 Å². The van der Waals surface area contributed by atoms with E-state index in [2.05, 4.69) is 10.6 Å². The third-order valence-corrected chi connectivity index (χ3v) is 4.96. The number of hydrogen-bond donors (Lipinski definition) is 2. The van der Waals surface area contributed by atoms with Crippen LogP contribution in [-0.2, 0) is 16.0 Å². The summed E-state index contributed by atoms with van der Waals surface area (Å²) in [7, 11) is 0. The molecule has 0 aliphatic carbocycles. The van der Waals surface area contributed by atoms with Gasteiger partial charge in [-0.1, -0.05) is 60.7 Å². The standard InChI is InChI=1S/C28H28N2O5/c1-19(2)35-23-15-13-21(14-16-23)17-24(29-26(31)22-11-7-4-8-12-22)27(32)30-25(28(33)34)18-20-9-5-3-6-10-20/h3-17,19,25H,18H2,1-2H3,(H,29,31)(H,30,32)(H,33,34)/p-1/b24-17-/t25-/m0/s1. The molecule has 7 nitrogen and oxygen atoms in total. The maximum Gasteiger partial charge on any atom is 0.268 e. The van der Waals surface area contributed by atoms with Crippen molar-refractivity contribution in [2.45, 2.75) is 32.4 Å². The molecule has 3 aromatic carbocycles. The van der Waals surface area contributed by atoms with Gasteiger partial charge in [-0.3, -0.25) is 9.59 Å². The molecule has 0 spiro atoms. The van der Waals surface area contributed by atoms with Crippen LogP contribution < -0.4 is 20.5 Å². The molecule has 180 valence electrons. The lowest BCUT2D eigenvalue weighted by Gasteiger charge is -2.21. The fraction of sp³-hybridized carbons (Fsp3) is 0.179. The van der Waals surface area contributed by atoms with Crippen molar-refractivity contribution >= 4 is 23.9 Å². The zero-order chi connectivity index (χ0) is 25.2. The predicted octanol–water partition coefficient (Wildman–Crippen LogP) is 2.72. The maximum absolute atomic E-state index is 13.1. The minimum Gasteiger partial charge on any atom is -0.548 e.